The van der Waals surface area contributed by atoms with Crippen molar-refractivity contribution in [3.63, 3.8) is 0 Å². The molecule has 9 nitrogen and oxygen atoms in total. The number of ether oxygens (including phenoxy) is 1. The number of amides is 1. The Morgan fingerprint density at radius 2 is 1.62 bits per heavy atom. The monoisotopic (exact) mass is 527 g/mol. The summed E-state index contributed by atoms with van der Waals surface area (Å²) in [6.07, 6.45) is 3.34. The zero-order chi connectivity index (χ0) is 26.3. The van der Waals surface area contributed by atoms with Crippen molar-refractivity contribution in [3.05, 3.63) is 60.2 Å². The van der Waals surface area contributed by atoms with Crippen LogP contribution in [0.15, 0.2) is 54.6 Å². The first-order chi connectivity index (χ1) is 19.1. The number of primary amides is 1. The highest BCUT2D eigenvalue weighted by Crippen LogP contribution is 2.40. The SMILES string of the molecule is NC(=O)c1c(-c2ccc(Oc3ccccc3)cc2)nn2c1NCC[C@H]2C1CCN(C2CN(C3CNC3)C2)CC1. The summed E-state index contributed by atoms with van der Waals surface area (Å²) in [7, 11) is 0. The average Bonchev–Trinajstić information content (AvgIpc) is 3.31. The molecule has 0 unspecified atom stereocenters. The molecule has 4 aliphatic rings. The van der Waals surface area contributed by atoms with E-state index in [2.05, 4.69) is 25.1 Å². The predicted octanol–water partition coefficient (Wildman–Crippen LogP) is 3.17. The fourth-order valence-electron chi connectivity index (χ4n) is 6.70. The third-order valence-corrected chi connectivity index (χ3v) is 9.11. The van der Waals surface area contributed by atoms with Crippen LogP contribution in [-0.4, -0.2) is 83.4 Å². The summed E-state index contributed by atoms with van der Waals surface area (Å²) in [5.41, 5.74) is 7.90. The van der Waals surface area contributed by atoms with Crippen LogP contribution in [0.1, 0.15) is 35.7 Å². The van der Waals surface area contributed by atoms with E-state index in [0.717, 1.165) is 80.9 Å². The summed E-state index contributed by atoms with van der Waals surface area (Å²) in [5, 5.41) is 11.9. The molecular weight excluding hydrogens is 490 g/mol. The van der Waals surface area contributed by atoms with Gasteiger partial charge in [-0.05, 0) is 74.7 Å². The van der Waals surface area contributed by atoms with Crippen molar-refractivity contribution in [2.75, 3.05) is 51.1 Å². The minimum atomic E-state index is -0.449. The van der Waals surface area contributed by atoms with Gasteiger partial charge in [0.25, 0.3) is 5.91 Å². The van der Waals surface area contributed by atoms with Gasteiger partial charge < -0.3 is 21.1 Å². The van der Waals surface area contributed by atoms with Gasteiger partial charge >= 0.3 is 0 Å². The maximum Gasteiger partial charge on any atom is 0.254 e. The molecule has 0 spiro atoms. The number of nitrogens with one attached hydrogen (secondary N) is 2. The molecule has 0 bridgehead atoms. The molecule has 1 amide bonds. The van der Waals surface area contributed by atoms with Gasteiger partial charge in [-0.3, -0.25) is 14.6 Å². The lowest BCUT2D eigenvalue weighted by Gasteiger charge is -2.53. The molecule has 7 rings (SSSR count). The van der Waals surface area contributed by atoms with Crippen molar-refractivity contribution >= 4 is 11.7 Å². The van der Waals surface area contributed by atoms with E-state index >= 15 is 0 Å². The first-order valence-electron chi connectivity index (χ1n) is 14.3. The molecule has 3 saturated heterocycles. The van der Waals surface area contributed by atoms with E-state index in [1.807, 2.05) is 54.6 Å². The fourth-order valence-corrected chi connectivity index (χ4v) is 6.70. The summed E-state index contributed by atoms with van der Waals surface area (Å²) >= 11 is 0. The van der Waals surface area contributed by atoms with Crippen LogP contribution in [0.3, 0.4) is 0 Å². The van der Waals surface area contributed by atoms with E-state index in [0.29, 0.717) is 23.2 Å². The van der Waals surface area contributed by atoms with Crippen LogP contribution < -0.4 is 21.1 Å². The third kappa shape index (κ3) is 4.68. The van der Waals surface area contributed by atoms with Gasteiger partial charge in [-0.1, -0.05) is 18.2 Å². The summed E-state index contributed by atoms with van der Waals surface area (Å²) in [6.45, 7) is 7.85. The summed E-state index contributed by atoms with van der Waals surface area (Å²) in [4.78, 5) is 18.0. The average molecular weight is 528 g/mol. The van der Waals surface area contributed by atoms with Gasteiger partial charge in [0, 0.05) is 50.4 Å². The molecule has 39 heavy (non-hydrogen) atoms. The smallest absolute Gasteiger partial charge is 0.254 e. The number of nitrogens with zero attached hydrogens (tertiary/aromatic N) is 4. The Kier molecular flexibility index (Phi) is 6.50. The molecule has 0 saturated carbocycles. The topological polar surface area (TPSA) is 101 Å². The molecular formula is C30H37N7O2. The Morgan fingerprint density at radius 1 is 0.897 bits per heavy atom. The molecule has 2 aromatic carbocycles. The molecule has 4 aliphatic heterocycles. The van der Waals surface area contributed by atoms with Gasteiger partial charge in [-0.2, -0.15) is 5.10 Å². The van der Waals surface area contributed by atoms with Crippen LogP contribution in [0.5, 0.6) is 11.5 Å². The van der Waals surface area contributed by atoms with Crippen LogP contribution in [0, 0.1) is 5.92 Å². The molecule has 0 radical (unpaired) electrons. The number of carbonyl (C=O) groups excluding carboxylic acids is 1. The molecule has 4 N–H and O–H groups in total. The van der Waals surface area contributed by atoms with Crippen molar-refractivity contribution in [3.8, 4) is 22.8 Å². The fraction of sp³-hybridized carbons (Fsp3) is 0.467. The van der Waals surface area contributed by atoms with E-state index in [1.165, 1.54) is 13.1 Å². The normalized spacial score (nSPS) is 22.9. The number of likely N-dealkylation sites (tertiary alicyclic amines) is 2. The summed E-state index contributed by atoms with van der Waals surface area (Å²) in [6, 6.07) is 19.2. The Labute approximate surface area is 229 Å². The quantitative estimate of drug-likeness (QED) is 0.434. The van der Waals surface area contributed by atoms with Crippen LogP contribution >= 0.6 is 0 Å². The number of para-hydroxylation sites is 1. The molecule has 1 atom stereocenters. The standard InChI is InChI=1S/C30H37N7O2/c31-29(38)27-28(21-6-8-25(9-7-21)39-24-4-2-1-3-5-24)34-37-26(10-13-33-30(27)37)20-11-14-35(15-12-20)23-18-36(19-23)22-16-32-17-22/h1-9,20,22-23,26,32-33H,10-19H2,(H2,31,38)/t26-/m0/s1. The number of rotatable bonds is 7. The predicted molar refractivity (Wildman–Crippen MR) is 151 cm³/mol. The van der Waals surface area contributed by atoms with Crippen molar-refractivity contribution in [1.82, 2.24) is 24.9 Å². The molecule has 204 valence electrons. The summed E-state index contributed by atoms with van der Waals surface area (Å²) < 4.78 is 8.02. The van der Waals surface area contributed by atoms with Crippen LogP contribution in [-0.2, 0) is 0 Å². The van der Waals surface area contributed by atoms with Crippen LogP contribution in [0.2, 0.25) is 0 Å². The van der Waals surface area contributed by atoms with E-state index < -0.39 is 5.91 Å². The van der Waals surface area contributed by atoms with E-state index in [9.17, 15) is 4.79 Å². The highest BCUT2D eigenvalue weighted by Gasteiger charge is 2.41. The zero-order valence-electron chi connectivity index (χ0n) is 22.3. The minimum absolute atomic E-state index is 0.273. The minimum Gasteiger partial charge on any atom is -0.457 e. The first kappa shape index (κ1) is 24.6. The third-order valence-electron chi connectivity index (χ3n) is 9.11. The molecule has 9 heteroatoms. The van der Waals surface area contributed by atoms with E-state index in [1.54, 1.807) is 0 Å². The van der Waals surface area contributed by atoms with Crippen LogP contribution in [0.25, 0.3) is 11.3 Å². The second-order valence-corrected chi connectivity index (χ2v) is 11.4. The summed E-state index contributed by atoms with van der Waals surface area (Å²) in [5.74, 6) is 2.38. The second-order valence-electron chi connectivity index (χ2n) is 11.4. The highest BCUT2D eigenvalue weighted by molar-refractivity contribution is 6.03. The lowest BCUT2D eigenvalue weighted by molar-refractivity contribution is -0.0258. The maximum atomic E-state index is 12.7. The molecule has 3 aromatic rings. The molecule has 0 aliphatic carbocycles. The highest BCUT2D eigenvalue weighted by atomic mass is 16.5. The van der Waals surface area contributed by atoms with E-state index in [-0.39, 0.29) is 6.04 Å². The van der Waals surface area contributed by atoms with Crippen LogP contribution in [0.4, 0.5) is 5.82 Å². The first-order valence-corrected chi connectivity index (χ1v) is 14.3. The van der Waals surface area contributed by atoms with Gasteiger partial charge in [0.05, 0.1) is 6.04 Å². The van der Waals surface area contributed by atoms with Gasteiger partial charge in [-0.25, -0.2) is 4.68 Å². The number of nitrogens with two attached hydrogens (primary N) is 1. The van der Waals surface area contributed by atoms with Gasteiger partial charge in [-0.15, -0.1) is 0 Å². The maximum absolute atomic E-state index is 12.7. The Balaban J connectivity index is 1.06. The van der Waals surface area contributed by atoms with E-state index in [4.69, 9.17) is 15.6 Å². The van der Waals surface area contributed by atoms with Gasteiger partial charge in [0.2, 0.25) is 0 Å². The lowest BCUT2D eigenvalue weighted by atomic mass is 9.85. The number of piperidine rings is 1. The second kappa shape index (κ2) is 10.3. The number of hydrogen-bond donors (Lipinski definition) is 3. The number of fused-ring (bicyclic) bond motifs is 1. The van der Waals surface area contributed by atoms with Gasteiger partial charge in [0.15, 0.2) is 0 Å². The number of benzene rings is 2. The molecule has 3 fully saturated rings. The Hall–Kier alpha value is -3.40. The number of carbonyl (C=O) groups is 1. The Bertz CT molecular complexity index is 1310. The number of hydrogen-bond acceptors (Lipinski definition) is 7. The van der Waals surface area contributed by atoms with Gasteiger partial charge in [0.1, 0.15) is 28.6 Å². The van der Waals surface area contributed by atoms with Crippen molar-refractivity contribution in [2.24, 2.45) is 11.7 Å². The number of anilines is 1. The number of aromatic nitrogens is 2. The van der Waals surface area contributed by atoms with Crippen molar-refractivity contribution < 1.29 is 9.53 Å². The molecule has 1 aromatic heterocycles. The lowest BCUT2D eigenvalue weighted by Crippen LogP contribution is -2.69. The zero-order valence-corrected chi connectivity index (χ0v) is 22.3. The largest absolute Gasteiger partial charge is 0.457 e. The van der Waals surface area contributed by atoms with Crippen molar-refractivity contribution in [2.45, 2.75) is 37.4 Å². The Morgan fingerprint density at radius 3 is 2.28 bits per heavy atom. The van der Waals surface area contributed by atoms with Crippen molar-refractivity contribution in [1.29, 1.82) is 0 Å². The molecule has 5 heterocycles.